The van der Waals surface area contributed by atoms with Crippen LogP contribution in [0.5, 0.6) is 28.7 Å². The lowest BCUT2D eigenvalue weighted by atomic mass is 9.99. The van der Waals surface area contributed by atoms with E-state index in [0.717, 1.165) is 12.1 Å². The van der Waals surface area contributed by atoms with Gasteiger partial charge in [0, 0.05) is 23.8 Å². The van der Waals surface area contributed by atoms with E-state index in [9.17, 15) is 35.4 Å². The maximum Gasteiger partial charge on any atom is 0.229 e. The van der Waals surface area contributed by atoms with Gasteiger partial charge in [-0.3, -0.25) is 4.79 Å². The lowest BCUT2D eigenvalue weighted by molar-refractivity contribution is -0.277. The van der Waals surface area contributed by atoms with Crippen LogP contribution in [-0.4, -0.2) is 82.2 Å². The molecule has 0 radical (unpaired) electrons. The Morgan fingerprint density at radius 3 is 2.17 bits per heavy atom. The summed E-state index contributed by atoms with van der Waals surface area (Å²) in [5.74, 6) is -0.615. The van der Waals surface area contributed by atoms with Gasteiger partial charge in [-0.25, -0.2) is 0 Å². The summed E-state index contributed by atoms with van der Waals surface area (Å²) in [5.41, 5.74) is -0.336. The van der Waals surface area contributed by atoms with Gasteiger partial charge in [-0.1, -0.05) is 0 Å². The zero-order valence-corrected chi connectivity index (χ0v) is 18.6. The number of methoxy groups -OCH3 is 2. The molecule has 188 valence electrons. The van der Waals surface area contributed by atoms with E-state index in [1.165, 1.54) is 32.4 Å². The molecule has 1 aliphatic heterocycles. The summed E-state index contributed by atoms with van der Waals surface area (Å²) in [4.78, 5) is 12.8. The second kappa shape index (κ2) is 9.60. The van der Waals surface area contributed by atoms with Crippen LogP contribution in [0.3, 0.4) is 0 Å². The molecule has 2 aromatic carbocycles. The molecule has 5 atom stereocenters. The number of phenols is 2. The van der Waals surface area contributed by atoms with Crippen LogP contribution < -0.4 is 19.6 Å². The molecular weight excluding hydrogens is 468 g/mol. The highest BCUT2D eigenvalue weighted by Crippen LogP contribution is 2.41. The Morgan fingerprint density at radius 1 is 0.914 bits per heavy atom. The molecule has 0 amide bonds. The Kier molecular flexibility index (Phi) is 6.74. The van der Waals surface area contributed by atoms with E-state index in [4.69, 9.17) is 23.4 Å². The first-order valence-corrected chi connectivity index (χ1v) is 10.4. The van der Waals surface area contributed by atoms with Crippen molar-refractivity contribution >= 4 is 11.0 Å². The molecule has 4 rings (SSSR count). The fraction of sp³-hybridized carbons (Fsp3) is 0.348. The summed E-state index contributed by atoms with van der Waals surface area (Å²) in [6, 6.07) is 6.35. The van der Waals surface area contributed by atoms with Gasteiger partial charge in [0.2, 0.25) is 12.0 Å². The first kappa shape index (κ1) is 24.6. The fourth-order valence-electron chi connectivity index (χ4n) is 3.79. The van der Waals surface area contributed by atoms with Crippen LogP contribution in [-0.2, 0) is 4.74 Å². The molecule has 0 bridgehead atoms. The summed E-state index contributed by atoms with van der Waals surface area (Å²) in [5, 5.41) is 59.8. The molecule has 0 spiro atoms. The molecule has 35 heavy (non-hydrogen) atoms. The third-order valence-corrected chi connectivity index (χ3v) is 5.65. The number of hydrogen-bond acceptors (Lipinski definition) is 12. The Balaban J connectivity index is 1.75. The number of aliphatic hydroxyl groups excluding tert-OH is 4. The Labute approximate surface area is 197 Å². The van der Waals surface area contributed by atoms with Gasteiger partial charge >= 0.3 is 0 Å². The summed E-state index contributed by atoms with van der Waals surface area (Å²) < 4.78 is 26.9. The van der Waals surface area contributed by atoms with E-state index >= 15 is 0 Å². The van der Waals surface area contributed by atoms with E-state index in [0.29, 0.717) is 5.56 Å². The second-order valence-electron chi connectivity index (χ2n) is 7.83. The van der Waals surface area contributed by atoms with Crippen LogP contribution in [0.2, 0.25) is 0 Å². The average Bonchev–Trinajstić information content (AvgIpc) is 2.84. The van der Waals surface area contributed by atoms with Gasteiger partial charge in [-0.15, -0.1) is 0 Å². The van der Waals surface area contributed by atoms with Crippen molar-refractivity contribution in [2.24, 2.45) is 0 Å². The van der Waals surface area contributed by atoms with Crippen molar-refractivity contribution < 1.29 is 54.0 Å². The number of rotatable bonds is 6. The Bertz CT molecular complexity index is 1260. The largest absolute Gasteiger partial charge is 0.507 e. The highest BCUT2D eigenvalue weighted by atomic mass is 16.7. The highest BCUT2D eigenvalue weighted by molar-refractivity contribution is 5.86. The van der Waals surface area contributed by atoms with E-state index in [1.54, 1.807) is 0 Å². The molecule has 1 aromatic heterocycles. The number of ether oxygens (including phenoxy) is 4. The van der Waals surface area contributed by atoms with Crippen LogP contribution in [0.25, 0.3) is 22.3 Å². The lowest BCUT2D eigenvalue weighted by Crippen LogP contribution is -2.60. The van der Waals surface area contributed by atoms with E-state index in [-0.39, 0.29) is 39.7 Å². The minimum atomic E-state index is -1.68. The molecular formula is C23H24O12. The van der Waals surface area contributed by atoms with Crippen molar-refractivity contribution in [1.82, 2.24) is 0 Å². The maximum atomic E-state index is 12.8. The summed E-state index contributed by atoms with van der Waals surface area (Å²) in [6.45, 7) is -0.647. The van der Waals surface area contributed by atoms with Gasteiger partial charge in [0.1, 0.15) is 52.6 Å². The molecule has 6 N–H and O–H groups in total. The van der Waals surface area contributed by atoms with Crippen LogP contribution in [0, 0.1) is 0 Å². The normalized spacial score (nSPS) is 24.3. The molecule has 0 unspecified atom stereocenters. The zero-order chi connectivity index (χ0) is 25.4. The average molecular weight is 492 g/mol. The number of phenolic OH excluding ortho intramolecular Hbond substituents is 2. The molecule has 12 nitrogen and oxygen atoms in total. The molecule has 3 aromatic rings. The van der Waals surface area contributed by atoms with Gasteiger partial charge in [0.25, 0.3) is 0 Å². The molecule has 1 saturated heterocycles. The summed E-state index contributed by atoms with van der Waals surface area (Å²) >= 11 is 0. The zero-order valence-electron chi connectivity index (χ0n) is 18.6. The summed E-state index contributed by atoms with van der Waals surface area (Å²) in [6.07, 6.45) is -7.62. The van der Waals surface area contributed by atoms with Crippen molar-refractivity contribution in [3.8, 4) is 40.1 Å². The SMILES string of the molecule is COc1cc(-c2cc(=O)c3c(O)cc(O[C@@H]4O[C@@H](CO)[C@@H](O)[C@H](O)[C@H]4O)cc3o2)cc(OC)c1O. The van der Waals surface area contributed by atoms with Crippen LogP contribution >= 0.6 is 0 Å². The Morgan fingerprint density at radius 2 is 1.57 bits per heavy atom. The van der Waals surface area contributed by atoms with Crippen LogP contribution in [0.1, 0.15) is 0 Å². The van der Waals surface area contributed by atoms with Crippen molar-refractivity contribution in [3.05, 3.63) is 40.6 Å². The molecule has 1 fully saturated rings. The van der Waals surface area contributed by atoms with Crippen LogP contribution in [0.15, 0.2) is 39.5 Å². The molecule has 0 aliphatic carbocycles. The third kappa shape index (κ3) is 4.45. The topological polar surface area (TPSA) is 189 Å². The fourth-order valence-corrected chi connectivity index (χ4v) is 3.79. The monoisotopic (exact) mass is 492 g/mol. The standard InChI is InChI=1S/C23H24O12/c1-31-15-3-9(4-16(32-2)19(15)27)13-7-12(26)18-11(25)5-10(6-14(18)34-13)33-23-22(30)21(29)20(28)17(8-24)35-23/h3-7,17,20-25,27-30H,8H2,1-2H3/t17-,20+,21-,22+,23+/m0/s1. The van der Waals surface area contributed by atoms with Crippen LogP contribution in [0.4, 0.5) is 0 Å². The summed E-state index contributed by atoms with van der Waals surface area (Å²) in [7, 11) is 2.69. The van der Waals surface area contributed by atoms with E-state index in [2.05, 4.69) is 0 Å². The van der Waals surface area contributed by atoms with E-state index < -0.39 is 48.5 Å². The van der Waals surface area contributed by atoms with Crippen molar-refractivity contribution in [2.45, 2.75) is 30.7 Å². The quantitative estimate of drug-likeness (QED) is 0.272. The number of aromatic hydroxyl groups is 2. The first-order chi connectivity index (χ1) is 16.7. The van der Waals surface area contributed by atoms with Gasteiger partial charge in [-0.2, -0.15) is 0 Å². The number of hydrogen-bond donors (Lipinski definition) is 6. The highest BCUT2D eigenvalue weighted by Gasteiger charge is 2.44. The second-order valence-corrected chi connectivity index (χ2v) is 7.83. The van der Waals surface area contributed by atoms with Gasteiger partial charge in [0.15, 0.2) is 16.9 Å². The van der Waals surface area contributed by atoms with Crippen molar-refractivity contribution in [1.29, 1.82) is 0 Å². The van der Waals surface area contributed by atoms with Crippen molar-refractivity contribution in [3.63, 3.8) is 0 Å². The minimum Gasteiger partial charge on any atom is -0.507 e. The smallest absolute Gasteiger partial charge is 0.229 e. The molecule has 12 heteroatoms. The first-order valence-electron chi connectivity index (χ1n) is 10.4. The van der Waals surface area contributed by atoms with Crippen molar-refractivity contribution in [2.75, 3.05) is 20.8 Å². The molecule has 2 heterocycles. The van der Waals surface area contributed by atoms with Gasteiger partial charge in [-0.05, 0) is 12.1 Å². The number of benzene rings is 2. The maximum absolute atomic E-state index is 12.8. The molecule has 0 saturated carbocycles. The number of fused-ring (bicyclic) bond motifs is 1. The van der Waals surface area contributed by atoms with Gasteiger partial charge in [0.05, 0.1) is 20.8 Å². The third-order valence-electron chi connectivity index (χ3n) is 5.65. The lowest BCUT2D eigenvalue weighted by Gasteiger charge is -2.39. The minimum absolute atomic E-state index is 0.0588. The predicted molar refractivity (Wildman–Crippen MR) is 119 cm³/mol. The Hall–Kier alpha value is -3.55. The number of aliphatic hydroxyl groups is 4. The molecule has 1 aliphatic rings. The van der Waals surface area contributed by atoms with E-state index in [1.807, 2.05) is 0 Å². The predicted octanol–water partition coefficient (Wildman–Crippen LogP) is 0.0671. The van der Waals surface area contributed by atoms with Gasteiger partial charge < -0.3 is 54.0 Å².